The lowest BCUT2D eigenvalue weighted by molar-refractivity contribution is 0.454. The van der Waals surface area contributed by atoms with Crippen molar-refractivity contribution in [2.24, 2.45) is 5.73 Å². The first-order valence-corrected chi connectivity index (χ1v) is 5.50. The van der Waals surface area contributed by atoms with Gasteiger partial charge in [0.05, 0.1) is 6.20 Å². The highest BCUT2D eigenvalue weighted by atomic mass is 32.2. The van der Waals surface area contributed by atoms with Crippen molar-refractivity contribution >= 4 is 11.8 Å². The molecule has 0 aliphatic heterocycles. The highest BCUT2D eigenvalue weighted by Gasteiger charge is 2.02. The minimum Gasteiger partial charge on any atom is -0.440 e. The molecule has 1 atom stereocenters. The van der Waals surface area contributed by atoms with Crippen LogP contribution in [0.3, 0.4) is 0 Å². The highest BCUT2D eigenvalue weighted by Crippen LogP contribution is 2.26. The molecule has 1 aromatic heterocycles. The van der Waals surface area contributed by atoms with Crippen molar-refractivity contribution in [1.82, 2.24) is 4.98 Å². The van der Waals surface area contributed by atoms with Crippen LogP contribution in [0.15, 0.2) is 51.3 Å². The van der Waals surface area contributed by atoms with Crippen LogP contribution in [0.2, 0.25) is 0 Å². The van der Waals surface area contributed by atoms with Crippen molar-refractivity contribution in [2.45, 2.75) is 23.1 Å². The summed E-state index contributed by atoms with van der Waals surface area (Å²) < 4.78 is 5.14. The lowest BCUT2D eigenvalue weighted by Gasteiger charge is -2.05. The molecule has 4 heteroatoms. The van der Waals surface area contributed by atoms with Crippen molar-refractivity contribution in [1.29, 1.82) is 0 Å². The molecular formula is C11H12N2OS. The average molecular weight is 220 g/mol. The summed E-state index contributed by atoms with van der Waals surface area (Å²) in [4.78, 5) is 5.14. The fourth-order valence-electron chi connectivity index (χ4n) is 1.20. The van der Waals surface area contributed by atoms with Gasteiger partial charge >= 0.3 is 0 Å². The topological polar surface area (TPSA) is 52.0 Å². The Kier molecular flexibility index (Phi) is 3.08. The molecule has 0 saturated carbocycles. The quantitative estimate of drug-likeness (QED) is 0.864. The zero-order valence-corrected chi connectivity index (χ0v) is 9.20. The lowest BCUT2D eigenvalue weighted by Crippen LogP contribution is -2.04. The van der Waals surface area contributed by atoms with Crippen molar-refractivity contribution in [3.63, 3.8) is 0 Å². The Hall–Kier alpha value is -1.26. The van der Waals surface area contributed by atoms with E-state index in [4.69, 9.17) is 10.2 Å². The Morgan fingerprint density at radius 2 is 2.07 bits per heavy atom. The molecule has 15 heavy (non-hydrogen) atoms. The minimum absolute atomic E-state index is 0.0748. The van der Waals surface area contributed by atoms with Gasteiger partial charge in [-0.1, -0.05) is 12.1 Å². The summed E-state index contributed by atoms with van der Waals surface area (Å²) in [5.41, 5.74) is 6.89. The van der Waals surface area contributed by atoms with Gasteiger partial charge < -0.3 is 10.2 Å². The zero-order chi connectivity index (χ0) is 10.7. The Morgan fingerprint density at radius 1 is 1.33 bits per heavy atom. The number of oxazole rings is 1. The van der Waals surface area contributed by atoms with Gasteiger partial charge in [0.2, 0.25) is 0 Å². The first-order valence-electron chi connectivity index (χ1n) is 4.68. The van der Waals surface area contributed by atoms with Crippen LogP contribution in [0.1, 0.15) is 18.5 Å². The summed E-state index contributed by atoms with van der Waals surface area (Å²) in [5, 5.41) is 0.656. The van der Waals surface area contributed by atoms with Crippen molar-refractivity contribution < 1.29 is 4.42 Å². The fraction of sp³-hybridized carbons (Fsp3) is 0.182. The van der Waals surface area contributed by atoms with E-state index < -0.39 is 0 Å². The molecule has 0 aliphatic rings. The van der Waals surface area contributed by atoms with Crippen LogP contribution in [0, 0.1) is 0 Å². The Morgan fingerprint density at radius 3 is 2.60 bits per heavy atom. The normalized spacial score (nSPS) is 12.7. The van der Waals surface area contributed by atoms with Crippen molar-refractivity contribution in [3.05, 3.63) is 42.3 Å². The minimum atomic E-state index is 0.0748. The predicted molar refractivity (Wildman–Crippen MR) is 59.7 cm³/mol. The first kappa shape index (κ1) is 10.3. The monoisotopic (exact) mass is 220 g/mol. The molecule has 0 aliphatic carbocycles. The molecule has 0 bridgehead atoms. The van der Waals surface area contributed by atoms with Gasteiger partial charge in [-0.15, -0.1) is 0 Å². The van der Waals surface area contributed by atoms with Gasteiger partial charge in [0.1, 0.15) is 6.26 Å². The molecule has 0 unspecified atom stereocenters. The summed E-state index contributed by atoms with van der Waals surface area (Å²) in [6, 6.07) is 8.17. The van der Waals surface area contributed by atoms with Crippen LogP contribution in [-0.2, 0) is 0 Å². The van der Waals surface area contributed by atoms with Gasteiger partial charge in [0.25, 0.3) is 5.22 Å². The summed E-state index contributed by atoms with van der Waals surface area (Å²) in [6.45, 7) is 1.97. The second-order valence-corrected chi connectivity index (χ2v) is 4.28. The number of hydrogen-bond donors (Lipinski definition) is 1. The maximum atomic E-state index is 5.76. The predicted octanol–water partition coefficient (Wildman–Crippen LogP) is 2.85. The summed E-state index contributed by atoms with van der Waals surface area (Å²) >= 11 is 1.50. The summed E-state index contributed by atoms with van der Waals surface area (Å²) in [7, 11) is 0. The van der Waals surface area contributed by atoms with Crippen LogP contribution < -0.4 is 5.73 Å². The number of nitrogens with zero attached hydrogens (tertiary/aromatic N) is 1. The third-order valence-corrected chi connectivity index (χ3v) is 2.90. The second-order valence-electron chi connectivity index (χ2n) is 3.26. The standard InChI is InChI=1S/C11H12N2OS/c1-8(12)9-2-4-10(5-3-9)15-11-13-6-7-14-11/h2-8H,12H2,1H3/t8-/m0/s1. The number of benzene rings is 1. The molecular weight excluding hydrogens is 208 g/mol. The van der Waals surface area contributed by atoms with E-state index in [0.717, 1.165) is 10.5 Å². The zero-order valence-electron chi connectivity index (χ0n) is 8.38. The van der Waals surface area contributed by atoms with Crippen LogP contribution in [0.5, 0.6) is 0 Å². The number of aromatic nitrogens is 1. The maximum Gasteiger partial charge on any atom is 0.260 e. The molecule has 2 rings (SSSR count). The average Bonchev–Trinajstić information content (AvgIpc) is 2.71. The molecule has 0 amide bonds. The Balaban J connectivity index is 2.11. The SMILES string of the molecule is C[C@H](N)c1ccc(Sc2ncco2)cc1. The van der Waals surface area contributed by atoms with Gasteiger partial charge in [-0.05, 0) is 36.4 Å². The van der Waals surface area contributed by atoms with E-state index in [-0.39, 0.29) is 6.04 Å². The Bertz CT molecular complexity index is 409. The molecule has 78 valence electrons. The molecule has 0 fully saturated rings. The molecule has 1 heterocycles. The smallest absolute Gasteiger partial charge is 0.260 e. The van der Waals surface area contributed by atoms with Crippen LogP contribution in [0.25, 0.3) is 0 Å². The summed E-state index contributed by atoms with van der Waals surface area (Å²) in [5.74, 6) is 0. The first-order chi connectivity index (χ1) is 7.25. The van der Waals surface area contributed by atoms with Gasteiger partial charge in [-0.3, -0.25) is 0 Å². The van der Waals surface area contributed by atoms with Crippen LogP contribution in [-0.4, -0.2) is 4.98 Å². The molecule has 0 radical (unpaired) electrons. The fourth-order valence-corrected chi connectivity index (χ4v) is 1.89. The highest BCUT2D eigenvalue weighted by molar-refractivity contribution is 7.99. The van der Waals surface area contributed by atoms with Crippen molar-refractivity contribution in [3.8, 4) is 0 Å². The lowest BCUT2D eigenvalue weighted by atomic mass is 10.1. The van der Waals surface area contributed by atoms with Gasteiger partial charge in [0.15, 0.2) is 0 Å². The molecule has 1 aromatic carbocycles. The van der Waals surface area contributed by atoms with E-state index in [2.05, 4.69) is 4.98 Å². The molecule has 0 spiro atoms. The summed E-state index contributed by atoms with van der Waals surface area (Å²) in [6.07, 6.45) is 3.21. The third-order valence-electron chi connectivity index (χ3n) is 2.02. The van der Waals surface area contributed by atoms with Gasteiger partial charge in [0, 0.05) is 10.9 Å². The second kappa shape index (κ2) is 4.51. The van der Waals surface area contributed by atoms with Gasteiger partial charge in [-0.2, -0.15) is 0 Å². The van der Waals surface area contributed by atoms with E-state index in [0.29, 0.717) is 5.22 Å². The third kappa shape index (κ3) is 2.61. The number of hydrogen-bond acceptors (Lipinski definition) is 4. The maximum absolute atomic E-state index is 5.76. The molecule has 2 N–H and O–H groups in total. The van der Waals surface area contributed by atoms with E-state index in [1.54, 1.807) is 12.5 Å². The van der Waals surface area contributed by atoms with Gasteiger partial charge in [-0.25, -0.2) is 4.98 Å². The largest absolute Gasteiger partial charge is 0.440 e. The molecule has 0 saturated heterocycles. The number of rotatable bonds is 3. The number of nitrogens with two attached hydrogens (primary N) is 1. The molecule has 2 aromatic rings. The van der Waals surface area contributed by atoms with E-state index in [1.165, 1.54) is 11.8 Å². The van der Waals surface area contributed by atoms with Crippen LogP contribution >= 0.6 is 11.8 Å². The van der Waals surface area contributed by atoms with E-state index >= 15 is 0 Å². The van der Waals surface area contributed by atoms with Crippen molar-refractivity contribution in [2.75, 3.05) is 0 Å². The van der Waals surface area contributed by atoms with E-state index in [9.17, 15) is 0 Å². The van der Waals surface area contributed by atoms with Crippen LogP contribution in [0.4, 0.5) is 0 Å². The molecule has 3 nitrogen and oxygen atoms in total. The Labute approximate surface area is 92.7 Å². The van der Waals surface area contributed by atoms with E-state index in [1.807, 2.05) is 31.2 Å².